The molecule has 1 rings (SSSR count). The van der Waals surface area contributed by atoms with Crippen molar-refractivity contribution in [3.05, 3.63) is 42.0 Å². The average Bonchev–Trinajstić information content (AvgIpc) is 2.52. The summed E-state index contributed by atoms with van der Waals surface area (Å²) in [6.45, 7) is 7.23. The number of esters is 1. The van der Waals surface area contributed by atoms with Crippen LogP contribution in [0.25, 0.3) is 6.08 Å². The van der Waals surface area contributed by atoms with E-state index in [9.17, 15) is 14.4 Å². The fourth-order valence-corrected chi connectivity index (χ4v) is 2.77. The number of rotatable bonds is 10. The van der Waals surface area contributed by atoms with Gasteiger partial charge >= 0.3 is 5.97 Å². The Balaban J connectivity index is 3.06. The molecule has 0 heterocycles. The van der Waals surface area contributed by atoms with Gasteiger partial charge in [0.25, 0.3) is 0 Å². The Morgan fingerprint density at radius 2 is 1.72 bits per heavy atom. The third kappa shape index (κ3) is 7.46. The van der Waals surface area contributed by atoms with E-state index in [1.807, 2.05) is 50.3 Å². The number of allylic oxidation sites excluding steroid dienone is 1. The Bertz CT molecular complexity index is 602. The summed E-state index contributed by atoms with van der Waals surface area (Å²) in [5.41, 5.74) is 0.954. The number of ketones is 2. The van der Waals surface area contributed by atoms with Crippen molar-refractivity contribution in [2.75, 3.05) is 6.61 Å². The molecule has 0 radical (unpaired) electrons. The standard InChI is InChI=1S/C21H28O4/c1-5-25-21(24)20(16(4)22)18(14-19(23)13-15(2)3)12-11-17-9-7-6-8-10-17/h6-12,15,18,20H,5,13-14H2,1-4H3/b12-11+. The van der Waals surface area contributed by atoms with Crippen LogP contribution in [-0.4, -0.2) is 24.1 Å². The Labute approximate surface area is 150 Å². The van der Waals surface area contributed by atoms with Gasteiger partial charge in [-0.2, -0.15) is 0 Å². The Morgan fingerprint density at radius 3 is 2.24 bits per heavy atom. The highest BCUT2D eigenvalue weighted by atomic mass is 16.5. The van der Waals surface area contributed by atoms with Gasteiger partial charge in [0.05, 0.1) is 6.61 Å². The van der Waals surface area contributed by atoms with E-state index >= 15 is 0 Å². The van der Waals surface area contributed by atoms with Gasteiger partial charge in [-0.25, -0.2) is 0 Å². The number of Topliss-reactive ketones (excluding diaryl/α,β-unsaturated/α-hetero) is 2. The highest BCUT2D eigenvalue weighted by Crippen LogP contribution is 2.24. The van der Waals surface area contributed by atoms with E-state index in [-0.39, 0.29) is 30.5 Å². The molecule has 4 nitrogen and oxygen atoms in total. The van der Waals surface area contributed by atoms with E-state index in [1.165, 1.54) is 6.92 Å². The van der Waals surface area contributed by atoms with Gasteiger partial charge in [0.2, 0.25) is 0 Å². The summed E-state index contributed by atoms with van der Waals surface area (Å²) in [7, 11) is 0. The molecule has 0 bridgehead atoms. The summed E-state index contributed by atoms with van der Waals surface area (Å²) in [4.78, 5) is 36.6. The number of carbonyl (C=O) groups is 3. The van der Waals surface area contributed by atoms with Gasteiger partial charge in [-0.3, -0.25) is 14.4 Å². The van der Waals surface area contributed by atoms with Gasteiger partial charge in [0, 0.05) is 18.8 Å². The van der Waals surface area contributed by atoms with Crippen LogP contribution < -0.4 is 0 Å². The number of hydrogen-bond donors (Lipinski definition) is 0. The molecule has 2 unspecified atom stereocenters. The third-order valence-corrected chi connectivity index (χ3v) is 3.84. The van der Waals surface area contributed by atoms with Gasteiger partial charge < -0.3 is 4.74 Å². The van der Waals surface area contributed by atoms with Gasteiger partial charge in [-0.1, -0.05) is 56.3 Å². The first-order valence-electron chi connectivity index (χ1n) is 8.77. The van der Waals surface area contributed by atoms with Crippen LogP contribution in [0, 0.1) is 17.8 Å². The van der Waals surface area contributed by atoms with Crippen molar-refractivity contribution in [1.29, 1.82) is 0 Å². The van der Waals surface area contributed by atoms with E-state index in [0.717, 1.165) is 5.56 Å². The van der Waals surface area contributed by atoms with Crippen molar-refractivity contribution in [2.45, 2.75) is 40.5 Å². The zero-order valence-corrected chi connectivity index (χ0v) is 15.5. The highest BCUT2D eigenvalue weighted by molar-refractivity contribution is 5.99. The molecule has 0 N–H and O–H groups in total. The maximum Gasteiger partial charge on any atom is 0.317 e. The monoisotopic (exact) mass is 344 g/mol. The van der Waals surface area contributed by atoms with Gasteiger partial charge in [-0.15, -0.1) is 0 Å². The summed E-state index contributed by atoms with van der Waals surface area (Å²) in [6, 6.07) is 9.59. The summed E-state index contributed by atoms with van der Waals surface area (Å²) < 4.78 is 5.06. The molecule has 0 saturated heterocycles. The maximum absolute atomic E-state index is 12.3. The molecule has 0 aliphatic heterocycles. The zero-order chi connectivity index (χ0) is 18.8. The molecule has 2 atom stereocenters. The highest BCUT2D eigenvalue weighted by Gasteiger charge is 2.33. The fraction of sp³-hybridized carbons (Fsp3) is 0.476. The van der Waals surface area contributed by atoms with Crippen molar-refractivity contribution >= 4 is 23.6 Å². The Hall–Kier alpha value is -2.23. The predicted molar refractivity (Wildman–Crippen MR) is 98.8 cm³/mol. The molecule has 0 spiro atoms. The Kier molecular flexibility index (Phi) is 8.82. The van der Waals surface area contributed by atoms with Crippen LogP contribution in [0.15, 0.2) is 36.4 Å². The molecule has 0 aromatic heterocycles. The summed E-state index contributed by atoms with van der Waals surface area (Å²) in [5.74, 6) is -1.99. The number of ether oxygens (including phenoxy) is 1. The lowest BCUT2D eigenvalue weighted by Crippen LogP contribution is -2.32. The van der Waals surface area contributed by atoms with Crippen molar-refractivity contribution in [1.82, 2.24) is 0 Å². The van der Waals surface area contributed by atoms with Crippen LogP contribution in [0.2, 0.25) is 0 Å². The molecule has 1 aromatic carbocycles. The number of hydrogen-bond acceptors (Lipinski definition) is 4. The van der Waals surface area contributed by atoms with E-state index in [4.69, 9.17) is 4.74 Å². The smallest absolute Gasteiger partial charge is 0.317 e. The summed E-state index contributed by atoms with van der Waals surface area (Å²) in [5, 5.41) is 0. The minimum Gasteiger partial charge on any atom is -0.465 e. The molecular formula is C21H28O4. The van der Waals surface area contributed by atoms with Crippen LogP contribution in [0.4, 0.5) is 0 Å². The van der Waals surface area contributed by atoms with E-state index in [1.54, 1.807) is 13.0 Å². The van der Waals surface area contributed by atoms with E-state index in [0.29, 0.717) is 6.42 Å². The molecular weight excluding hydrogens is 316 g/mol. The lowest BCUT2D eigenvalue weighted by atomic mass is 9.83. The minimum atomic E-state index is -0.948. The first-order chi connectivity index (χ1) is 11.8. The molecule has 136 valence electrons. The second-order valence-corrected chi connectivity index (χ2v) is 6.61. The lowest BCUT2D eigenvalue weighted by Gasteiger charge is -2.21. The van der Waals surface area contributed by atoms with Crippen molar-refractivity contribution in [2.24, 2.45) is 17.8 Å². The summed E-state index contributed by atoms with van der Waals surface area (Å²) in [6.07, 6.45) is 4.23. The van der Waals surface area contributed by atoms with Gasteiger partial charge in [-0.05, 0) is 25.3 Å². The molecule has 0 amide bonds. The van der Waals surface area contributed by atoms with Crippen LogP contribution in [0.5, 0.6) is 0 Å². The predicted octanol–water partition coefficient (Wildman–Crippen LogP) is 4.09. The molecule has 4 heteroatoms. The zero-order valence-electron chi connectivity index (χ0n) is 15.5. The van der Waals surface area contributed by atoms with Crippen molar-refractivity contribution in [3.8, 4) is 0 Å². The molecule has 0 fully saturated rings. The van der Waals surface area contributed by atoms with Crippen molar-refractivity contribution < 1.29 is 19.1 Å². The quantitative estimate of drug-likeness (QED) is 0.474. The number of benzene rings is 1. The molecule has 0 saturated carbocycles. The van der Waals surface area contributed by atoms with Crippen LogP contribution in [0.3, 0.4) is 0 Å². The van der Waals surface area contributed by atoms with Crippen molar-refractivity contribution in [3.63, 3.8) is 0 Å². The first-order valence-corrected chi connectivity index (χ1v) is 8.77. The Morgan fingerprint density at radius 1 is 1.08 bits per heavy atom. The van der Waals surface area contributed by atoms with E-state index < -0.39 is 17.8 Å². The molecule has 0 aliphatic rings. The maximum atomic E-state index is 12.3. The second kappa shape index (κ2) is 10.6. The molecule has 25 heavy (non-hydrogen) atoms. The number of carbonyl (C=O) groups excluding carboxylic acids is 3. The first kappa shape index (κ1) is 20.8. The van der Waals surface area contributed by atoms with Gasteiger partial charge in [0.15, 0.2) is 0 Å². The van der Waals surface area contributed by atoms with Crippen LogP contribution in [-0.2, 0) is 19.1 Å². The van der Waals surface area contributed by atoms with Crippen LogP contribution >= 0.6 is 0 Å². The average molecular weight is 344 g/mol. The van der Waals surface area contributed by atoms with E-state index in [2.05, 4.69) is 0 Å². The molecule has 0 aliphatic carbocycles. The SMILES string of the molecule is CCOC(=O)C(C(C)=O)C(/C=C/c1ccccc1)CC(=O)CC(C)C. The summed E-state index contributed by atoms with van der Waals surface area (Å²) >= 11 is 0. The molecule has 1 aromatic rings. The minimum absolute atomic E-state index is 0.0493. The topological polar surface area (TPSA) is 60.4 Å². The fourth-order valence-electron chi connectivity index (χ4n) is 2.77. The lowest BCUT2D eigenvalue weighted by molar-refractivity contribution is -0.152. The second-order valence-electron chi connectivity index (χ2n) is 6.61. The van der Waals surface area contributed by atoms with Gasteiger partial charge in [0.1, 0.15) is 17.5 Å². The largest absolute Gasteiger partial charge is 0.465 e. The van der Waals surface area contributed by atoms with Crippen LogP contribution in [0.1, 0.15) is 46.1 Å². The third-order valence-electron chi connectivity index (χ3n) is 3.84. The normalized spacial score (nSPS) is 13.6.